The number of hydrogen-bond acceptors (Lipinski definition) is 6. The summed E-state index contributed by atoms with van der Waals surface area (Å²) >= 11 is 0. The van der Waals surface area contributed by atoms with Crippen LogP contribution in [0.2, 0.25) is 0 Å². The van der Waals surface area contributed by atoms with Crippen molar-refractivity contribution in [3.8, 4) is 0 Å². The molecule has 1 aliphatic heterocycles. The summed E-state index contributed by atoms with van der Waals surface area (Å²) in [5.74, 6) is -1.72. The second-order valence-corrected chi connectivity index (χ2v) is 4.58. The van der Waals surface area contributed by atoms with E-state index in [0.29, 0.717) is 12.0 Å². The molecule has 118 valence electrons. The Labute approximate surface area is 125 Å². The molecule has 0 bridgehead atoms. The van der Waals surface area contributed by atoms with Crippen LogP contribution in [-0.4, -0.2) is 45.9 Å². The fourth-order valence-electron chi connectivity index (χ4n) is 1.80. The number of esters is 1. The molecule has 0 aliphatic carbocycles. The van der Waals surface area contributed by atoms with Gasteiger partial charge in [-0.25, -0.2) is 9.59 Å². The minimum Gasteiger partial charge on any atom is -0.569 e. The minimum absolute atomic E-state index is 0.0507. The molecule has 1 aromatic carbocycles. The lowest BCUT2D eigenvalue weighted by Gasteiger charge is -2.32. The Bertz CT molecular complexity index is 576. The van der Waals surface area contributed by atoms with Crippen molar-refractivity contribution in [3.63, 3.8) is 0 Å². The standard InChI is InChI=1S/C13H15N3O6/c1-9(21-13(19)10-5-3-2-4-6-10)22-14-16(20)15-8-7-11(15)12(17)18/h2-6,9,11H,7-8H2,1H3,(H,17,18)/t9?,11-/m0/s1. The van der Waals surface area contributed by atoms with E-state index in [-0.39, 0.29) is 11.5 Å². The van der Waals surface area contributed by atoms with Crippen LogP contribution in [0.1, 0.15) is 23.7 Å². The summed E-state index contributed by atoms with van der Waals surface area (Å²) in [6.07, 6.45) is -0.726. The predicted molar refractivity (Wildman–Crippen MR) is 71.2 cm³/mol. The number of aliphatic carboxylic acids is 1. The van der Waals surface area contributed by atoms with E-state index in [1.165, 1.54) is 6.92 Å². The Morgan fingerprint density at radius 2 is 2.14 bits per heavy atom. The lowest BCUT2D eigenvalue weighted by molar-refractivity contribution is -0.730. The Balaban J connectivity index is 1.84. The third-order valence-electron chi connectivity index (χ3n) is 3.04. The third-order valence-corrected chi connectivity index (χ3v) is 3.04. The summed E-state index contributed by atoms with van der Waals surface area (Å²) in [5.41, 5.74) is 0.339. The first-order valence-corrected chi connectivity index (χ1v) is 6.58. The van der Waals surface area contributed by atoms with Crippen LogP contribution in [0.3, 0.4) is 0 Å². The highest BCUT2D eigenvalue weighted by molar-refractivity contribution is 5.89. The average Bonchev–Trinajstić information content (AvgIpc) is 2.44. The lowest BCUT2D eigenvalue weighted by Crippen LogP contribution is -2.55. The minimum atomic E-state index is -1.11. The number of rotatable bonds is 6. The van der Waals surface area contributed by atoms with Crippen molar-refractivity contribution in [3.05, 3.63) is 41.1 Å². The van der Waals surface area contributed by atoms with Crippen molar-refractivity contribution in [2.24, 2.45) is 5.28 Å². The van der Waals surface area contributed by atoms with E-state index in [1.807, 2.05) is 0 Å². The first-order valence-electron chi connectivity index (χ1n) is 6.58. The molecule has 1 unspecified atom stereocenters. The van der Waals surface area contributed by atoms with Crippen LogP contribution < -0.4 is 0 Å². The first kappa shape index (κ1) is 15.5. The van der Waals surface area contributed by atoms with Gasteiger partial charge in [-0.1, -0.05) is 18.2 Å². The number of carbonyl (C=O) groups excluding carboxylic acids is 1. The molecule has 1 heterocycles. The van der Waals surface area contributed by atoms with Crippen molar-refractivity contribution in [1.82, 2.24) is 5.01 Å². The SMILES string of the molecule is CC(ON=[N+]([O-])N1CC[C@H]1C(=O)O)OC(=O)c1ccccc1. The zero-order valence-corrected chi connectivity index (χ0v) is 11.8. The summed E-state index contributed by atoms with van der Waals surface area (Å²) < 4.78 is 4.94. The molecular weight excluding hydrogens is 294 g/mol. The van der Waals surface area contributed by atoms with Crippen molar-refractivity contribution >= 4 is 11.9 Å². The van der Waals surface area contributed by atoms with Gasteiger partial charge in [-0.3, -0.25) is 4.84 Å². The highest BCUT2D eigenvalue weighted by atomic mass is 16.8. The van der Waals surface area contributed by atoms with Gasteiger partial charge in [0.1, 0.15) is 0 Å². The van der Waals surface area contributed by atoms with Gasteiger partial charge in [0.2, 0.25) is 5.28 Å². The van der Waals surface area contributed by atoms with E-state index in [4.69, 9.17) is 14.7 Å². The summed E-state index contributed by atoms with van der Waals surface area (Å²) in [5, 5.41) is 24.5. The van der Waals surface area contributed by atoms with E-state index in [1.54, 1.807) is 30.3 Å². The molecule has 1 aromatic rings. The van der Waals surface area contributed by atoms with Crippen molar-refractivity contribution in [1.29, 1.82) is 0 Å². The van der Waals surface area contributed by atoms with Crippen LogP contribution in [0, 0.1) is 5.21 Å². The number of benzene rings is 1. The van der Waals surface area contributed by atoms with Gasteiger partial charge in [0, 0.05) is 13.3 Å². The van der Waals surface area contributed by atoms with Crippen LogP contribution in [0.15, 0.2) is 35.6 Å². The predicted octanol–water partition coefficient (Wildman–Crippen LogP) is 1.16. The number of carbonyl (C=O) groups is 2. The van der Waals surface area contributed by atoms with Gasteiger partial charge in [0.15, 0.2) is 6.04 Å². The van der Waals surface area contributed by atoms with Crippen molar-refractivity contribution in [2.75, 3.05) is 6.54 Å². The van der Waals surface area contributed by atoms with Crippen LogP contribution in [0.4, 0.5) is 0 Å². The molecule has 1 N–H and O–H groups in total. The van der Waals surface area contributed by atoms with Crippen LogP contribution in [0.5, 0.6) is 0 Å². The molecule has 22 heavy (non-hydrogen) atoms. The number of carboxylic acids is 1. The third kappa shape index (κ3) is 3.62. The van der Waals surface area contributed by atoms with Crippen molar-refractivity contribution < 1.29 is 29.2 Å². The monoisotopic (exact) mass is 309 g/mol. The molecule has 2 rings (SSSR count). The summed E-state index contributed by atoms with van der Waals surface area (Å²) in [7, 11) is 0. The molecular formula is C13H15N3O6. The summed E-state index contributed by atoms with van der Waals surface area (Å²) in [6.45, 7) is 1.66. The van der Waals surface area contributed by atoms with Gasteiger partial charge >= 0.3 is 11.9 Å². The van der Waals surface area contributed by atoms with Crippen LogP contribution in [-0.2, 0) is 14.4 Å². The molecule has 0 spiro atoms. The zero-order chi connectivity index (χ0) is 16.1. The van der Waals surface area contributed by atoms with E-state index in [0.717, 1.165) is 5.01 Å². The number of hydrazine groups is 1. The van der Waals surface area contributed by atoms with Gasteiger partial charge in [-0.15, -0.1) is 5.01 Å². The van der Waals surface area contributed by atoms with E-state index < -0.39 is 24.3 Å². The smallest absolute Gasteiger partial charge is 0.341 e. The number of carboxylic acid groups (broad SMARTS) is 1. The van der Waals surface area contributed by atoms with Gasteiger partial charge in [-0.05, 0) is 12.1 Å². The van der Waals surface area contributed by atoms with E-state index in [9.17, 15) is 14.8 Å². The molecule has 1 saturated heterocycles. The second-order valence-electron chi connectivity index (χ2n) is 4.58. The lowest BCUT2D eigenvalue weighted by atomic mass is 10.1. The first-order chi connectivity index (χ1) is 10.5. The maximum atomic E-state index is 11.7. The van der Waals surface area contributed by atoms with Gasteiger partial charge in [0.05, 0.1) is 17.1 Å². The Kier molecular flexibility index (Phi) is 4.77. The van der Waals surface area contributed by atoms with Crippen molar-refractivity contribution in [2.45, 2.75) is 25.7 Å². The Morgan fingerprint density at radius 1 is 1.45 bits per heavy atom. The second kappa shape index (κ2) is 6.74. The summed E-state index contributed by atoms with van der Waals surface area (Å²) in [4.78, 5) is 27.3. The molecule has 9 nitrogen and oxygen atoms in total. The van der Waals surface area contributed by atoms with Crippen LogP contribution >= 0.6 is 0 Å². The van der Waals surface area contributed by atoms with Gasteiger partial charge in [-0.2, -0.15) is 0 Å². The quantitative estimate of drug-likeness (QED) is 0.275. The van der Waals surface area contributed by atoms with Gasteiger partial charge in [0.25, 0.3) is 6.29 Å². The highest BCUT2D eigenvalue weighted by Crippen LogP contribution is 2.17. The maximum absolute atomic E-state index is 11.7. The number of hydrogen-bond donors (Lipinski definition) is 1. The fraction of sp³-hybridized carbons (Fsp3) is 0.385. The largest absolute Gasteiger partial charge is 0.569 e. The molecule has 9 heteroatoms. The average molecular weight is 309 g/mol. The Morgan fingerprint density at radius 3 is 2.68 bits per heavy atom. The normalized spacial score (nSPS) is 19.0. The maximum Gasteiger partial charge on any atom is 0.341 e. The molecule has 0 aromatic heterocycles. The molecule has 0 saturated carbocycles. The molecule has 1 fully saturated rings. The Hall–Kier alpha value is -2.84. The van der Waals surface area contributed by atoms with E-state index >= 15 is 0 Å². The van der Waals surface area contributed by atoms with Crippen LogP contribution in [0.25, 0.3) is 0 Å². The number of nitrogens with zero attached hydrogens (tertiary/aromatic N) is 3. The molecule has 1 aliphatic rings. The van der Waals surface area contributed by atoms with Gasteiger partial charge < -0.3 is 15.1 Å². The fourth-order valence-corrected chi connectivity index (χ4v) is 1.80. The highest BCUT2D eigenvalue weighted by Gasteiger charge is 2.41. The molecule has 2 atom stereocenters. The topological polar surface area (TPSA) is 114 Å². The van der Waals surface area contributed by atoms with E-state index in [2.05, 4.69) is 5.28 Å². The molecule has 0 radical (unpaired) electrons. The number of ether oxygens (including phenoxy) is 1. The zero-order valence-electron chi connectivity index (χ0n) is 11.8. The summed E-state index contributed by atoms with van der Waals surface area (Å²) in [6, 6.07) is 7.36. The molecule has 0 amide bonds.